The van der Waals surface area contributed by atoms with E-state index < -0.39 is 0 Å². The van der Waals surface area contributed by atoms with Crippen LogP contribution in [-0.4, -0.2) is 34.8 Å². The van der Waals surface area contributed by atoms with Crippen LogP contribution < -0.4 is 10.2 Å². The molecule has 0 unspecified atom stereocenters. The van der Waals surface area contributed by atoms with Gasteiger partial charge in [0.1, 0.15) is 0 Å². The lowest BCUT2D eigenvalue weighted by atomic mass is 10.2. The Morgan fingerprint density at radius 3 is 2.71 bits per heavy atom. The maximum atomic E-state index is 11.7. The van der Waals surface area contributed by atoms with Gasteiger partial charge in [0.15, 0.2) is 11.5 Å². The van der Waals surface area contributed by atoms with E-state index in [2.05, 4.69) is 15.5 Å². The van der Waals surface area contributed by atoms with E-state index in [-0.39, 0.29) is 17.1 Å². The molecule has 4 N–H and O–H groups in total. The number of nitrogens with zero attached hydrogens (tertiary/aromatic N) is 2. The first-order valence-electron chi connectivity index (χ1n) is 5.81. The predicted octanol–water partition coefficient (Wildman–Crippen LogP) is 0.735. The number of phenols is 1. The average molecular weight is 289 g/mol. The number of hydrazone groups is 1. The molecule has 110 valence electrons. The number of phenolic OH excluding ortho intramolecular Hbond substituents is 1. The van der Waals surface area contributed by atoms with E-state index in [1.807, 2.05) is 0 Å². The molecule has 0 spiro atoms. The number of pyridine rings is 1. The van der Waals surface area contributed by atoms with Crippen LogP contribution in [0.25, 0.3) is 0 Å². The van der Waals surface area contributed by atoms with E-state index in [1.165, 1.54) is 31.8 Å². The standard InChI is InChI=1S/C14H13N3O3.H2O/c1-20-13-8-10(2-3-12(13)18)9-16-17-14(19)11-4-6-15-7-5-11;/h2-9,18H,1H3,(H,17,19);1H2. The Morgan fingerprint density at radius 2 is 2.05 bits per heavy atom. The molecular weight excluding hydrogens is 274 g/mol. The fraction of sp³-hybridized carbons (Fsp3) is 0.0714. The van der Waals surface area contributed by atoms with Crippen molar-refractivity contribution in [2.75, 3.05) is 7.11 Å². The molecule has 2 aromatic rings. The van der Waals surface area contributed by atoms with Gasteiger partial charge in [-0.2, -0.15) is 5.10 Å². The molecule has 1 heterocycles. The minimum atomic E-state index is -0.325. The summed E-state index contributed by atoms with van der Waals surface area (Å²) in [6.45, 7) is 0. The van der Waals surface area contributed by atoms with Gasteiger partial charge in [-0.15, -0.1) is 0 Å². The van der Waals surface area contributed by atoms with Crippen molar-refractivity contribution < 1.29 is 20.1 Å². The second-order valence-corrected chi connectivity index (χ2v) is 3.87. The number of hydrogen-bond acceptors (Lipinski definition) is 5. The normalized spacial score (nSPS) is 9.95. The number of hydrogen-bond donors (Lipinski definition) is 2. The van der Waals surface area contributed by atoms with Crippen molar-refractivity contribution in [3.63, 3.8) is 0 Å². The molecule has 0 aliphatic heterocycles. The fourth-order valence-corrected chi connectivity index (χ4v) is 1.51. The minimum Gasteiger partial charge on any atom is -0.504 e. The van der Waals surface area contributed by atoms with E-state index in [9.17, 15) is 9.90 Å². The molecule has 0 saturated carbocycles. The first-order chi connectivity index (χ1) is 9.70. The monoisotopic (exact) mass is 289 g/mol. The lowest BCUT2D eigenvalue weighted by Gasteiger charge is -2.03. The minimum absolute atomic E-state index is 0. The number of aromatic hydroxyl groups is 1. The molecule has 0 atom stereocenters. The zero-order chi connectivity index (χ0) is 14.4. The molecule has 1 aromatic carbocycles. The molecule has 0 bridgehead atoms. The van der Waals surface area contributed by atoms with Gasteiger partial charge in [-0.05, 0) is 35.9 Å². The highest BCUT2D eigenvalue weighted by molar-refractivity contribution is 5.94. The molecule has 21 heavy (non-hydrogen) atoms. The fourth-order valence-electron chi connectivity index (χ4n) is 1.51. The van der Waals surface area contributed by atoms with Crippen LogP contribution in [0.3, 0.4) is 0 Å². The Labute approximate surface area is 121 Å². The number of aromatic nitrogens is 1. The van der Waals surface area contributed by atoms with Crippen LogP contribution in [0.2, 0.25) is 0 Å². The molecule has 0 saturated heterocycles. The zero-order valence-electron chi connectivity index (χ0n) is 11.3. The van der Waals surface area contributed by atoms with Crippen molar-refractivity contribution in [1.29, 1.82) is 0 Å². The number of methoxy groups -OCH3 is 1. The number of amides is 1. The number of carbonyl (C=O) groups excluding carboxylic acids is 1. The third-order valence-corrected chi connectivity index (χ3v) is 2.53. The van der Waals surface area contributed by atoms with Gasteiger partial charge < -0.3 is 15.3 Å². The highest BCUT2D eigenvalue weighted by atomic mass is 16.5. The van der Waals surface area contributed by atoms with E-state index >= 15 is 0 Å². The number of nitrogens with one attached hydrogen (secondary N) is 1. The number of carbonyl (C=O) groups is 1. The molecule has 0 aliphatic rings. The first-order valence-corrected chi connectivity index (χ1v) is 5.81. The molecule has 7 nitrogen and oxygen atoms in total. The summed E-state index contributed by atoms with van der Waals surface area (Å²) in [5.41, 5.74) is 3.56. The maximum absolute atomic E-state index is 11.7. The summed E-state index contributed by atoms with van der Waals surface area (Å²) in [6, 6.07) is 7.94. The summed E-state index contributed by atoms with van der Waals surface area (Å²) < 4.78 is 4.98. The van der Waals surface area contributed by atoms with Crippen molar-refractivity contribution in [3.8, 4) is 11.5 Å². The Kier molecular flexibility index (Phi) is 5.84. The second kappa shape index (κ2) is 7.61. The summed E-state index contributed by atoms with van der Waals surface area (Å²) >= 11 is 0. The Bertz CT molecular complexity index is 629. The molecule has 0 aliphatic carbocycles. The van der Waals surface area contributed by atoms with Crippen LogP contribution in [0.4, 0.5) is 0 Å². The lowest BCUT2D eigenvalue weighted by molar-refractivity contribution is 0.0955. The smallest absolute Gasteiger partial charge is 0.271 e. The largest absolute Gasteiger partial charge is 0.504 e. The highest BCUT2D eigenvalue weighted by Gasteiger charge is 2.03. The van der Waals surface area contributed by atoms with Gasteiger partial charge in [0, 0.05) is 18.0 Å². The predicted molar refractivity (Wildman–Crippen MR) is 77.6 cm³/mol. The molecule has 0 radical (unpaired) electrons. The van der Waals surface area contributed by atoms with Gasteiger partial charge in [0.2, 0.25) is 0 Å². The lowest BCUT2D eigenvalue weighted by Crippen LogP contribution is -2.17. The van der Waals surface area contributed by atoms with Gasteiger partial charge in [-0.1, -0.05) is 0 Å². The summed E-state index contributed by atoms with van der Waals surface area (Å²) in [7, 11) is 1.46. The van der Waals surface area contributed by atoms with Crippen LogP contribution in [0.5, 0.6) is 11.5 Å². The van der Waals surface area contributed by atoms with Crippen molar-refractivity contribution >= 4 is 12.1 Å². The van der Waals surface area contributed by atoms with E-state index in [0.717, 1.165) is 0 Å². The molecule has 1 aromatic heterocycles. The average Bonchev–Trinajstić information content (AvgIpc) is 2.49. The SMILES string of the molecule is COc1cc(C=NNC(=O)c2ccncc2)ccc1O.O. The summed E-state index contributed by atoms with van der Waals surface area (Å²) in [6.07, 6.45) is 4.52. The van der Waals surface area contributed by atoms with Crippen LogP contribution in [-0.2, 0) is 0 Å². The Balaban J connectivity index is 0.00000220. The molecule has 2 rings (SSSR count). The van der Waals surface area contributed by atoms with Crippen molar-refractivity contribution in [1.82, 2.24) is 10.4 Å². The van der Waals surface area contributed by atoms with Crippen molar-refractivity contribution in [2.45, 2.75) is 0 Å². The Hall–Kier alpha value is -2.93. The van der Waals surface area contributed by atoms with Crippen LogP contribution in [0.15, 0.2) is 47.8 Å². The third kappa shape index (κ3) is 4.29. The van der Waals surface area contributed by atoms with Crippen LogP contribution >= 0.6 is 0 Å². The van der Waals surface area contributed by atoms with Gasteiger partial charge in [-0.25, -0.2) is 5.43 Å². The molecule has 0 fully saturated rings. The van der Waals surface area contributed by atoms with Gasteiger partial charge >= 0.3 is 0 Å². The number of ether oxygens (including phenoxy) is 1. The second-order valence-electron chi connectivity index (χ2n) is 3.87. The van der Waals surface area contributed by atoms with Crippen LogP contribution in [0, 0.1) is 0 Å². The molecular formula is C14H15N3O4. The van der Waals surface area contributed by atoms with E-state index in [0.29, 0.717) is 16.9 Å². The summed E-state index contributed by atoms with van der Waals surface area (Å²) in [5.74, 6) is 0.0641. The maximum Gasteiger partial charge on any atom is 0.271 e. The Morgan fingerprint density at radius 1 is 1.33 bits per heavy atom. The summed E-state index contributed by atoms with van der Waals surface area (Å²) in [5, 5.41) is 13.3. The molecule has 1 amide bonds. The van der Waals surface area contributed by atoms with Crippen LogP contribution in [0.1, 0.15) is 15.9 Å². The van der Waals surface area contributed by atoms with Gasteiger partial charge in [-0.3, -0.25) is 9.78 Å². The topological polar surface area (TPSA) is 115 Å². The number of benzene rings is 1. The highest BCUT2D eigenvalue weighted by Crippen LogP contribution is 2.25. The zero-order valence-corrected chi connectivity index (χ0v) is 11.3. The van der Waals surface area contributed by atoms with E-state index in [1.54, 1.807) is 24.3 Å². The summed E-state index contributed by atoms with van der Waals surface area (Å²) in [4.78, 5) is 15.5. The van der Waals surface area contributed by atoms with Crippen molar-refractivity contribution in [3.05, 3.63) is 53.9 Å². The number of rotatable bonds is 4. The first kappa shape index (κ1) is 16.1. The third-order valence-electron chi connectivity index (χ3n) is 2.53. The van der Waals surface area contributed by atoms with Gasteiger partial charge in [0.05, 0.1) is 13.3 Å². The molecule has 7 heteroatoms. The van der Waals surface area contributed by atoms with Crippen molar-refractivity contribution in [2.24, 2.45) is 5.10 Å². The quantitative estimate of drug-likeness (QED) is 0.637. The van der Waals surface area contributed by atoms with E-state index in [4.69, 9.17) is 4.74 Å². The van der Waals surface area contributed by atoms with Gasteiger partial charge in [0.25, 0.3) is 5.91 Å².